The number of hydrogen-bond acceptors (Lipinski definition) is 3. The van der Waals surface area contributed by atoms with Crippen LogP contribution in [0.15, 0.2) is 18.2 Å². The summed E-state index contributed by atoms with van der Waals surface area (Å²) in [7, 11) is 1.65. The van der Waals surface area contributed by atoms with Gasteiger partial charge in [-0.25, -0.2) is 4.79 Å². The molecule has 0 aliphatic carbocycles. The van der Waals surface area contributed by atoms with Gasteiger partial charge in [-0.1, -0.05) is 25.5 Å². The van der Waals surface area contributed by atoms with Gasteiger partial charge in [0.15, 0.2) is 0 Å². The van der Waals surface area contributed by atoms with Gasteiger partial charge in [0.05, 0.1) is 17.9 Å². The third-order valence-electron chi connectivity index (χ3n) is 2.87. The van der Waals surface area contributed by atoms with Crippen LogP contribution in [0.2, 0.25) is 0 Å². The predicted molar refractivity (Wildman–Crippen MR) is 77.1 cm³/mol. The summed E-state index contributed by atoms with van der Waals surface area (Å²) >= 11 is 0. The monoisotopic (exact) mass is 265 g/mol. The van der Waals surface area contributed by atoms with Gasteiger partial charge in [0, 0.05) is 20.2 Å². The van der Waals surface area contributed by atoms with Crippen molar-refractivity contribution in [1.29, 1.82) is 0 Å². The summed E-state index contributed by atoms with van der Waals surface area (Å²) in [5.74, 6) is -0.426. The number of benzene rings is 1. The molecular weight excluding hydrogens is 242 g/mol. The molecule has 0 saturated heterocycles. The first-order valence-electron chi connectivity index (χ1n) is 6.53. The predicted octanol–water partition coefficient (Wildman–Crippen LogP) is 2.80. The van der Waals surface area contributed by atoms with Crippen LogP contribution in [0.25, 0.3) is 0 Å². The number of methoxy groups -OCH3 is 1. The van der Waals surface area contributed by atoms with E-state index in [0.717, 1.165) is 17.8 Å². The molecule has 0 aliphatic heterocycles. The Hall–Kier alpha value is -1.55. The highest BCUT2D eigenvalue weighted by Crippen LogP contribution is 2.23. The molecule has 106 valence electrons. The van der Waals surface area contributed by atoms with Crippen molar-refractivity contribution in [3.8, 4) is 0 Å². The molecule has 0 spiro atoms. The second-order valence-electron chi connectivity index (χ2n) is 5.16. The van der Waals surface area contributed by atoms with Crippen LogP contribution >= 0.6 is 0 Å². The number of aryl methyl sites for hydroxylation is 1. The Balaban J connectivity index is 3.09. The molecule has 1 aromatic rings. The second kappa shape index (κ2) is 7.14. The first kappa shape index (κ1) is 15.5. The van der Waals surface area contributed by atoms with Gasteiger partial charge in [-0.2, -0.15) is 0 Å². The van der Waals surface area contributed by atoms with Crippen LogP contribution in [0, 0.1) is 12.8 Å². The van der Waals surface area contributed by atoms with Crippen molar-refractivity contribution in [3.05, 3.63) is 29.3 Å². The number of anilines is 1. The third-order valence-corrected chi connectivity index (χ3v) is 2.87. The SMILES string of the molecule is COCCN(CC(C)C)c1ccc(C)cc1C(=O)O. The topological polar surface area (TPSA) is 49.8 Å². The zero-order chi connectivity index (χ0) is 14.4. The summed E-state index contributed by atoms with van der Waals surface area (Å²) in [4.78, 5) is 13.5. The van der Waals surface area contributed by atoms with E-state index in [2.05, 4.69) is 18.7 Å². The fourth-order valence-electron chi connectivity index (χ4n) is 2.05. The van der Waals surface area contributed by atoms with Crippen LogP contribution in [0.4, 0.5) is 5.69 Å². The molecule has 1 rings (SSSR count). The molecule has 1 N–H and O–H groups in total. The molecule has 19 heavy (non-hydrogen) atoms. The highest BCUT2D eigenvalue weighted by atomic mass is 16.5. The van der Waals surface area contributed by atoms with E-state index in [4.69, 9.17) is 4.74 Å². The van der Waals surface area contributed by atoms with Crippen molar-refractivity contribution in [2.75, 3.05) is 31.7 Å². The van der Waals surface area contributed by atoms with E-state index >= 15 is 0 Å². The van der Waals surface area contributed by atoms with E-state index in [0.29, 0.717) is 24.6 Å². The van der Waals surface area contributed by atoms with E-state index in [1.54, 1.807) is 13.2 Å². The molecule has 0 unspecified atom stereocenters. The summed E-state index contributed by atoms with van der Waals surface area (Å²) in [5.41, 5.74) is 2.08. The molecule has 0 bridgehead atoms. The molecule has 4 heteroatoms. The van der Waals surface area contributed by atoms with Crippen LogP contribution in [-0.2, 0) is 4.74 Å². The van der Waals surface area contributed by atoms with Crippen molar-refractivity contribution < 1.29 is 14.6 Å². The highest BCUT2D eigenvalue weighted by Gasteiger charge is 2.17. The van der Waals surface area contributed by atoms with Crippen LogP contribution in [0.3, 0.4) is 0 Å². The van der Waals surface area contributed by atoms with Crippen LogP contribution < -0.4 is 4.90 Å². The Morgan fingerprint density at radius 1 is 1.42 bits per heavy atom. The average Bonchev–Trinajstić information content (AvgIpc) is 2.34. The smallest absolute Gasteiger partial charge is 0.337 e. The Kier molecular flexibility index (Phi) is 5.83. The molecule has 0 aromatic heterocycles. The summed E-state index contributed by atoms with van der Waals surface area (Å²) < 4.78 is 5.11. The van der Waals surface area contributed by atoms with E-state index in [1.165, 1.54) is 0 Å². The first-order chi connectivity index (χ1) is 8.95. The Morgan fingerprint density at radius 2 is 2.11 bits per heavy atom. The molecule has 0 amide bonds. The van der Waals surface area contributed by atoms with Gasteiger partial charge in [0.1, 0.15) is 0 Å². The number of nitrogens with zero attached hydrogens (tertiary/aromatic N) is 1. The average molecular weight is 265 g/mol. The zero-order valence-electron chi connectivity index (χ0n) is 12.1. The van der Waals surface area contributed by atoms with E-state index in [9.17, 15) is 9.90 Å². The number of carboxylic acids is 1. The molecule has 0 aliphatic rings. The molecule has 4 nitrogen and oxygen atoms in total. The van der Waals surface area contributed by atoms with Crippen LogP contribution in [-0.4, -0.2) is 37.9 Å². The zero-order valence-corrected chi connectivity index (χ0v) is 12.1. The van der Waals surface area contributed by atoms with Gasteiger partial charge in [0.25, 0.3) is 0 Å². The van der Waals surface area contributed by atoms with Gasteiger partial charge in [-0.3, -0.25) is 0 Å². The van der Waals surface area contributed by atoms with Gasteiger partial charge in [-0.15, -0.1) is 0 Å². The lowest BCUT2D eigenvalue weighted by Gasteiger charge is -2.28. The third kappa shape index (κ3) is 4.56. The normalized spacial score (nSPS) is 10.8. The van der Waals surface area contributed by atoms with Crippen molar-refractivity contribution in [1.82, 2.24) is 0 Å². The number of ether oxygens (including phenoxy) is 1. The van der Waals surface area contributed by atoms with Crippen molar-refractivity contribution >= 4 is 11.7 Å². The van der Waals surface area contributed by atoms with Crippen molar-refractivity contribution in [2.24, 2.45) is 5.92 Å². The summed E-state index contributed by atoms with van der Waals surface area (Å²) in [6, 6.07) is 5.55. The number of rotatable bonds is 7. The molecule has 0 radical (unpaired) electrons. The summed E-state index contributed by atoms with van der Waals surface area (Å²) in [6.07, 6.45) is 0. The Labute approximate surface area is 115 Å². The standard InChI is InChI=1S/C15H23NO3/c1-11(2)10-16(7-8-19-4)14-6-5-12(3)9-13(14)15(17)18/h5-6,9,11H,7-8,10H2,1-4H3,(H,17,18). The lowest BCUT2D eigenvalue weighted by atomic mass is 10.1. The molecular formula is C15H23NO3. The summed E-state index contributed by atoms with van der Waals surface area (Å²) in [5, 5.41) is 9.34. The molecule has 0 atom stereocenters. The van der Waals surface area contributed by atoms with E-state index in [-0.39, 0.29) is 0 Å². The number of hydrogen-bond donors (Lipinski definition) is 1. The fraction of sp³-hybridized carbons (Fsp3) is 0.533. The van der Waals surface area contributed by atoms with Gasteiger partial charge in [-0.05, 0) is 25.0 Å². The largest absolute Gasteiger partial charge is 0.478 e. The lowest BCUT2D eigenvalue weighted by Crippen LogP contribution is -2.32. The minimum atomic E-state index is -0.884. The number of carboxylic acid groups (broad SMARTS) is 1. The quantitative estimate of drug-likeness (QED) is 0.823. The van der Waals surface area contributed by atoms with Gasteiger partial charge < -0.3 is 14.7 Å². The minimum absolute atomic E-state index is 0.358. The van der Waals surface area contributed by atoms with Crippen molar-refractivity contribution in [2.45, 2.75) is 20.8 Å². The second-order valence-corrected chi connectivity index (χ2v) is 5.16. The van der Waals surface area contributed by atoms with Crippen molar-refractivity contribution in [3.63, 3.8) is 0 Å². The number of carbonyl (C=O) groups is 1. The van der Waals surface area contributed by atoms with E-state index in [1.807, 2.05) is 19.1 Å². The first-order valence-corrected chi connectivity index (χ1v) is 6.53. The summed E-state index contributed by atoms with van der Waals surface area (Å²) in [6.45, 7) is 8.23. The van der Waals surface area contributed by atoms with Crippen LogP contribution in [0.5, 0.6) is 0 Å². The molecule has 1 aromatic carbocycles. The molecule has 0 fully saturated rings. The fourth-order valence-corrected chi connectivity index (χ4v) is 2.05. The lowest BCUT2D eigenvalue weighted by molar-refractivity contribution is 0.0697. The molecule has 0 saturated carbocycles. The van der Waals surface area contributed by atoms with Gasteiger partial charge in [0.2, 0.25) is 0 Å². The van der Waals surface area contributed by atoms with Gasteiger partial charge >= 0.3 is 5.97 Å². The molecule has 0 heterocycles. The maximum absolute atomic E-state index is 11.4. The minimum Gasteiger partial charge on any atom is -0.478 e. The maximum Gasteiger partial charge on any atom is 0.337 e. The van der Waals surface area contributed by atoms with E-state index < -0.39 is 5.97 Å². The Bertz CT molecular complexity index is 429. The highest BCUT2D eigenvalue weighted by molar-refractivity contribution is 5.94. The van der Waals surface area contributed by atoms with Crippen LogP contribution in [0.1, 0.15) is 29.8 Å². The maximum atomic E-state index is 11.4. The number of aromatic carboxylic acids is 1. The Morgan fingerprint density at radius 3 is 2.63 bits per heavy atom.